The summed E-state index contributed by atoms with van der Waals surface area (Å²) in [4.78, 5) is 86.5. The molecule has 36 heavy (non-hydrogen) atoms. The number of ether oxygens (including phenoxy) is 1. The highest BCUT2D eigenvalue weighted by Crippen LogP contribution is 2.33. The molecule has 0 aromatic carbocycles. The van der Waals surface area contributed by atoms with Crippen LogP contribution < -0.4 is 17.0 Å². The molecule has 0 spiro atoms. The first-order valence-corrected chi connectivity index (χ1v) is 13.1. The normalized spacial score (nSPS) is 22.0. The van der Waals surface area contributed by atoms with Gasteiger partial charge in [0.25, 0.3) is 5.56 Å². The Kier molecular flexibility index (Phi) is 12.4. The maximum Gasteiger partial charge on any atom is 0.466 e. The van der Waals surface area contributed by atoms with Crippen LogP contribution in [0.25, 0.3) is 11.2 Å². The van der Waals surface area contributed by atoms with E-state index < -0.39 is 60.2 Å². The largest absolute Gasteiger partial charge is 0.466 e. The second kappa shape index (κ2) is 13.1. The van der Waals surface area contributed by atoms with Crippen molar-refractivity contribution < 1.29 is 77.8 Å². The summed E-state index contributed by atoms with van der Waals surface area (Å²) in [6.07, 6.45) is -4.81. The highest BCUT2D eigenvalue weighted by Gasteiger charge is 2.44. The van der Waals surface area contributed by atoms with E-state index in [9.17, 15) is 15.0 Å². The van der Waals surface area contributed by atoms with Gasteiger partial charge in [-0.25, -0.2) is 18.7 Å². The molecule has 0 amide bonds. The zero-order valence-electron chi connectivity index (χ0n) is 17.3. The van der Waals surface area contributed by atoms with Gasteiger partial charge < -0.3 is 75.6 Å². The number of nitrogens with one attached hydrogen (secondary N) is 1. The molecular weight excluding hydrogens is 569 g/mol. The Hall–Kier alpha value is -1.88. The Bertz CT molecular complexity index is 1130. The van der Waals surface area contributed by atoms with Gasteiger partial charge in [0, 0.05) is 0 Å². The first-order valence-electron chi connectivity index (χ1n) is 8.44. The third-order valence-electron chi connectivity index (χ3n) is 3.37. The Balaban J connectivity index is 0.000000672. The number of aromatic nitrogens is 4. The average Bonchev–Trinajstić information content (AvgIpc) is 3.07. The van der Waals surface area contributed by atoms with Crippen molar-refractivity contribution in [3.05, 3.63) is 10.4 Å². The van der Waals surface area contributed by atoms with Crippen molar-refractivity contribution >= 4 is 46.5 Å². The number of hydrogen-bond donors (Lipinski definition) is 15. The van der Waals surface area contributed by atoms with Crippen LogP contribution in [0.2, 0.25) is 0 Å². The molecule has 3 rings (SSSR count). The fourth-order valence-electron chi connectivity index (χ4n) is 2.36. The fourth-order valence-corrected chi connectivity index (χ4v) is 2.36. The Labute approximate surface area is 197 Å². The predicted molar refractivity (Wildman–Crippen MR) is 113 cm³/mol. The second-order valence-electron chi connectivity index (χ2n) is 6.23. The highest BCUT2D eigenvalue weighted by molar-refractivity contribution is 7.45. The molecule has 1 saturated heterocycles. The van der Waals surface area contributed by atoms with Crippen molar-refractivity contribution in [2.24, 2.45) is 0 Å². The molecule has 0 aliphatic carbocycles. The molecule has 0 bridgehead atoms. The van der Waals surface area contributed by atoms with E-state index in [2.05, 4.69) is 15.0 Å². The lowest BCUT2D eigenvalue weighted by Crippen LogP contribution is -2.33. The van der Waals surface area contributed by atoms with Crippen molar-refractivity contribution in [1.29, 1.82) is 0 Å². The predicted octanol–water partition coefficient (Wildman–Crippen LogP) is -5.89. The number of nitrogens with two attached hydrogens (primary N) is 2. The molecule has 2 aromatic rings. The lowest BCUT2D eigenvalue weighted by atomic mass is 10.1. The zero-order valence-corrected chi connectivity index (χ0v) is 19.9. The van der Waals surface area contributed by atoms with E-state index in [1.54, 1.807) is 0 Å². The van der Waals surface area contributed by atoms with Crippen LogP contribution in [0.15, 0.2) is 4.79 Å². The van der Waals surface area contributed by atoms with Gasteiger partial charge in [0.15, 0.2) is 17.4 Å². The fraction of sp³-hybridized carbons (Fsp3) is 0.500. The van der Waals surface area contributed by atoms with Crippen LogP contribution >= 0.6 is 23.5 Å². The van der Waals surface area contributed by atoms with Gasteiger partial charge in [0.2, 0.25) is 11.9 Å². The summed E-state index contributed by atoms with van der Waals surface area (Å²) >= 11 is 0. The smallest absolute Gasteiger partial charge is 0.394 e. The monoisotopic (exact) mass is 592 g/mol. The number of aliphatic hydroxyl groups is 3. The van der Waals surface area contributed by atoms with E-state index in [0.29, 0.717) is 0 Å². The molecule has 3 heterocycles. The Morgan fingerprint density at radius 2 is 1.28 bits per heavy atom. The van der Waals surface area contributed by atoms with Crippen LogP contribution in [0.3, 0.4) is 0 Å². The van der Waals surface area contributed by atoms with Crippen molar-refractivity contribution in [3.63, 3.8) is 0 Å². The molecule has 210 valence electrons. The average molecular weight is 592 g/mol. The van der Waals surface area contributed by atoms with Crippen molar-refractivity contribution in [2.75, 3.05) is 18.1 Å². The molecule has 2 aromatic heterocycles. The van der Waals surface area contributed by atoms with Gasteiger partial charge in [0.1, 0.15) is 18.3 Å². The summed E-state index contributed by atoms with van der Waals surface area (Å²) < 4.78 is 33.2. The summed E-state index contributed by atoms with van der Waals surface area (Å²) in [5.74, 6) is -0.288. The van der Waals surface area contributed by atoms with E-state index in [1.807, 2.05) is 0 Å². The molecule has 1 aliphatic heterocycles. The summed E-state index contributed by atoms with van der Waals surface area (Å²) in [5.41, 5.74) is 10.6. The maximum absolute atomic E-state index is 11.7. The minimum Gasteiger partial charge on any atom is -0.394 e. The van der Waals surface area contributed by atoms with E-state index >= 15 is 0 Å². The maximum atomic E-state index is 11.7. The molecule has 1 fully saturated rings. The van der Waals surface area contributed by atoms with Crippen molar-refractivity contribution in [2.45, 2.75) is 24.5 Å². The van der Waals surface area contributed by atoms with Crippen LogP contribution in [-0.2, 0) is 18.4 Å². The van der Waals surface area contributed by atoms with Gasteiger partial charge in [-0.05, 0) is 0 Å². The topological polar surface area (TPSA) is 419 Å². The standard InChI is InChI=1S/C10H14N6O5.3H3O4P/c11-9-14-6-3(7(20)15-9)13-10(12)16(6)8-5(19)4(18)2(1-17)21-8;3*1-5(2,3)4/h2,4-5,8,17-19H,1H2,(H2,12,13)(H3,11,14,15,20);3*(H3,1,2,3,4)/t2-,4-,5-,8-;;;/m1.../s1. The first kappa shape index (κ1) is 34.1. The number of aliphatic hydroxyl groups excluding tert-OH is 3. The third-order valence-corrected chi connectivity index (χ3v) is 3.37. The molecule has 4 atom stereocenters. The number of fused-ring (bicyclic) bond motifs is 1. The summed E-state index contributed by atoms with van der Waals surface area (Å²) in [5, 5.41) is 28.9. The van der Waals surface area contributed by atoms with E-state index in [4.69, 9.17) is 79.0 Å². The van der Waals surface area contributed by atoms with Gasteiger partial charge >= 0.3 is 23.5 Å². The van der Waals surface area contributed by atoms with E-state index in [0.717, 1.165) is 4.57 Å². The Morgan fingerprint density at radius 3 is 1.64 bits per heavy atom. The number of nitrogen functional groups attached to an aromatic ring is 2. The number of aromatic amines is 1. The summed E-state index contributed by atoms with van der Waals surface area (Å²) in [6, 6.07) is 0. The van der Waals surface area contributed by atoms with Crippen LogP contribution in [0.1, 0.15) is 6.23 Å². The molecule has 1 aliphatic rings. The zero-order chi connectivity index (χ0) is 28.8. The van der Waals surface area contributed by atoms with Gasteiger partial charge in [-0.2, -0.15) is 4.98 Å². The van der Waals surface area contributed by atoms with Gasteiger partial charge in [-0.15, -0.1) is 0 Å². The molecule has 0 saturated carbocycles. The van der Waals surface area contributed by atoms with Gasteiger partial charge in [0.05, 0.1) is 6.61 Å². The number of nitrogens with zero attached hydrogens (tertiary/aromatic N) is 3. The van der Waals surface area contributed by atoms with Crippen LogP contribution in [0.5, 0.6) is 0 Å². The lowest BCUT2D eigenvalue weighted by Gasteiger charge is -2.17. The lowest BCUT2D eigenvalue weighted by molar-refractivity contribution is -0.0500. The van der Waals surface area contributed by atoms with Gasteiger partial charge in [-0.3, -0.25) is 14.3 Å². The number of rotatable bonds is 2. The molecular formula is C10H23N6O17P3. The summed E-state index contributed by atoms with van der Waals surface area (Å²) in [7, 11) is -13.9. The second-order valence-corrected chi connectivity index (χ2v) is 9.31. The van der Waals surface area contributed by atoms with Crippen LogP contribution in [0.4, 0.5) is 11.9 Å². The first-order chi connectivity index (χ1) is 15.9. The molecule has 0 unspecified atom stereocenters. The minimum absolute atomic E-state index is 0.0172. The quantitative estimate of drug-likeness (QED) is 0.144. The molecule has 23 nitrogen and oxygen atoms in total. The highest BCUT2D eigenvalue weighted by atomic mass is 31.2. The van der Waals surface area contributed by atoms with Crippen LogP contribution in [0, 0.1) is 0 Å². The Morgan fingerprint density at radius 1 is 0.861 bits per heavy atom. The number of hydrogen-bond acceptors (Lipinski definition) is 12. The third kappa shape index (κ3) is 13.4. The number of anilines is 2. The molecule has 0 radical (unpaired) electrons. The molecule has 26 heteroatoms. The van der Waals surface area contributed by atoms with Crippen molar-refractivity contribution in [3.8, 4) is 0 Å². The SMILES string of the molecule is Nc1nc2c(nc(N)n2[C@@H]2O[C@H](CO)[C@@H](O)[C@H]2O)c(=O)[nH]1.O=P(O)(O)O.O=P(O)(O)O.O=P(O)(O)O. The number of imidazole rings is 1. The van der Waals surface area contributed by atoms with Gasteiger partial charge in [-0.1, -0.05) is 0 Å². The number of H-pyrrole nitrogens is 1. The van der Waals surface area contributed by atoms with E-state index in [1.165, 1.54) is 0 Å². The summed E-state index contributed by atoms with van der Waals surface area (Å²) in [6.45, 7) is -0.489. The minimum atomic E-state index is -4.64. The van der Waals surface area contributed by atoms with Crippen molar-refractivity contribution in [1.82, 2.24) is 19.5 Å². The van der Waals surface area contributed by atoms with E-state index in [-0.39, 0.29) is 23.1 Å². The van der Waals surface area contributed by atoms with Crippen LogP contribution in [-0.4, -0.2) is 104 Å². The molecule has 17 N–H and O–H groups in total. The number of phosphoric acid groups is 3.